The van der Waals surface area contributed by atoms with Gasteiger partial charge in [0.05, 0.1) is 0 Å². The van der Waals surface area contributed by atoms with Crippen LogP contribution in [0.5, 0.6) is 0 Å². The molecule has 0 unspecified atom stereocenters. The minimum atomic E-state index is 1.18. The zero-order valence-electron chi connectivity index (χ0n) is 8.74. The maximum absolute atomic E-state index is 2.40. The summed E-state index contributed by atoms with van der Waals surface area (Å²) in [6, 6.07) is 10.7. The van der Waals surface area contributed by atoms with E-state index in [-0.39, 0.29) is 0 Å². The van der Waals surface area contributed by atoms with Crippen molar-refractivity contribution < 1.29 is 0 Å². The van der Waals surface area contributed by atoms with Crippen molar-refractivity contribution in [2.75, 3.05) is 20.1 Å². The van der Waals surface area contributed by atoms with E-state index >= 15 is 0 Å². The van der Waals surface area contributed by atoms with Crippen LogP contribution in [0.3, 0.4) is 0 Å². The first-order valence-electron chi connectivity index (χ1n) is 5.29. The highest BCUT2D eigenvalue weighted by Crippen LogP contribution is 2.21. The van der Waals surface area contributed by atoms with E-state index in [1.165, 1.54) is 37.1 Å². The topological polar surface area (TPSA) is 3.24 Å². The number of benzene rings is 1. The Morgan fingerprint density at radius 1 is 1.07 bits per heavy atom. The molecule has 1 nitrogen and oxygen atoms in total. The van der Waals surface area contributed by atoms with E-state index in [1.807, 2.05) is 0 Å². The predicted octanol–water partition coefficient (Wildman–Crippen LogP) is 2.80. The molecule has 0 aromatic heterocycles. The van der Waals surface area contributed by atoms with Crippen LogP contribution in [0, 0.1) is 0 Å². The molecule has 2 rings (SSSR count). The molecule has 1 aliphatic rings. The Morgan fingerprint density at radius 2 is 1.86 bits per heavy atom. The van der Waals surface area contributed by atoms with Crippen LogP contribution in [0.15, 0.2) is 36.4 Å². The monoisotopic (exact) mass is 187 g/mol. The van der Waals surface area contributed by atoms with E-state index in [0.29, 0.717) is 0 Å². The van der Waals surface area contributed by atoms with Crippen molar-refractivity contribution in [2.24, 2.45) is 0 Å². The summed E-state index contributed by atoms with van der Waals surface area (Å²) in [5.74, 6) is 0. The molecule has 0 spiro atoms. The SMILES string of the molecule is CN1CCC=C(c2ccccc2)CC1. The van der Waals surface area contributed by atoms with E-state index < -0.39 is 0 Å². The van der Waals surface area contributed by atoms with Crippen molar-refractivity contribution in [3.05, 3.63) is 42.0 Å². The van der Waals surface area contributed by atoms with Gasteiger partial charge in [-0.25, -0.2) is 0 Å². The molecule has 0 radical (unpaired) electrons. The van der Waals surface area contributed by atoms with Crippen molar-refractivity contribution in [3.63, 3.8) is 0 Å². The zero-order valence-corrected chi connectivity index (χ0v) is 8.74. The van der Waals surface area contributed by atoms with Gasteiger partial charge in [0.1, 0.15) is 0 Å². The van der Waals surface area contributed by atoms with Crippen LogP contribution in [0.2, 0.25) is 0 Å². The zero-order chi connectivity index (χ0) is 9.80. The van der Waals surface area contributed by atoms with Gasteiger partial charge < -0.3 is 4.90 Å². The lowest BCUT2D eigenvalue weighted by Crippen LogP contribution is -2.18. The highest BCUT2D eigenvalue weighted by Gasteiger charge is 2.07. The molecule has 0 N–H and O–H groups in total. The second-order valence-corrected chi connectivity index (χ2v) is 3.94. The molecule has 74 valence electrons. The molecule has 1 aromatic carbocycles. The Morgan fingerprint density at radius 3 is 2.64 bits per heavy atom. The first-order valence-corrected chi connectivity index (χ1v) is 5.29. The maximum atomic E-state index is 2.40. The molecule has 0 fully saturated rings. The van der Waals surface area contributed by atoms with Gasteiger partial charge in [0, 0.05) is 13.1 Å². The Balaban J connectivity index is 2.15. The van der Waals surface area contributed by atoms with Gasteiger partial charge in [-0.1, -0.05) is 36.4 Å². The summed E-state index contributed by atoms with van der Waals surface area (Å²) in [7, 11) is 2.20. The van der Waals surface area contributed by atoms with E-state index in [4.69, 9.17) is 0 Å². The van der Waals surface area contributed by atoms with Gasteiger partial charge in [0.2, 0.25) is 0 Å². The molecule has 0 bridgehead atoms. The van der Waals surface area contributed by atoms with Gasteiger partial charge in [-0.15, -0.1) is 0 Å². The van der Waals surface area contributed by atoms with Crippen LogP contribution in [-0.4, -0.2) is 25.0 Å². The molecule has 0 saturated carbocycles. The smallest absolute Gasteiger partial charge is 0.00190 e. The Kier molecular flexibility index (Phi) is 3.00. The molecule has 1 aliphatic heterocycles. The first-order chi connectivity index (χ1) is 6.86. The number of hydrogen-bond donors (Lipinski definition) is 0. The van der Waals surface area contributed by atoms with Crippen LogP contribution < -0.4 is 0 Å². The van der Waals surface area contributed by atoms with E-state index in [1.54, 1.807) is 0 Å². The molecular formula is C13H17N. The molecule has 14 heavy (non-hydrogen) atoms. The van der Waals surface area contributed by atoms with Crippen molar-refractivity contribution in [1.82, 2.24) is 4.90 Å². The maximum Gasteiger partial charge on any atom is 0.00190 e. The van der Waals surface area contributed by atoms with Gasteiger partial charge >= 0.3 is 0 Å². The third-order valence-electron chi connectivity index (χ3n) is 2.81. The summed E-state index contributed by atoms with van der Waals surface area (Å²) in [6.45, 7) is 2.37. The van der Waals surface area contributed by atoms with Crippen LogP contribution in [0.1, 0.15) is 18.4 Å². The average Bonchev–Trinajstić information content (AvgIpc) is 2.44. The van der Waals surface area contributed by atoms with Crippen molar-refractivity contribution >= 4 is 5.57 Å². The quantitative estimate of drug-likeness (QED) is 0.653. The number of rotatable bonds is 1. The summed E-state index contributed by atoms with van der Waals surface area (Å²) in [5, 5.41) is 0. The van der Waals surface area contributed by atoms with Crippen LogP contribution in [0.4, 0.5) is 0 Å². The Bertz CT molecular complexity index is 313. The van der Waals surface area contributed by atoms with Crippen LogP contribution in [-0.2, 0) is 0 Å². The van der Waals surface area contributed by atoms with Gasteiger partial charge in [-0.05, 0) is 31.0 Å². The summed E-state index contributed by atoms with van der Waals surface area (Å²) in [6.07, 6.45) is 4.75. The van der Waals surface area contributed by atoms with Crippen molar-refractivity contribution in [2.45, 2.75) is 12.8 Å². The second-order valence-electron chi connectivity index (χ2n) is 3.94. The summed E-state index contributed by atoms with van der Waals surface area (Å²) >= 11 is 0. The number of nitrogens with zero attached hydrogens (tertiary/aromatic N) is 1. The summed E-state index contributed by atoms with van der Waals surface area (Å²) in [4.78, 5) is 2.40. The lowest BCUT2D eigenvalue weighted by Gasteiger charge is -2.12. The van der Waals surface area contributed by atoms with Gasteiger partial charge in [0.25, 0.3) is 0 Å². The third kappa shape index (κ3) is 2.24. The normalized spacial score (nSPS) is 18.8. The minimum absolute atomic E-state index is 1.18. The van der Waals surface area contributed by atoms with Crippen LogP contribution >= 0.6 is 0 Å². The summed E-state index contributed by atoms with van der Waals surface area (Å²) < 4.78 is 0. The summed E-state index contributed by atoms with van der Waals surface area (Å²) in [5.41, 5.74) is 2.90. The standard InChI is InChI=1S/C13H17N/c1-14-10-5-8-13(9-11-14)12-6-3-2-4-7-12/h2-4,6-8H,5,9-11H2,1H3. The van der Waals surface area contributed by atoms with E-state index in [9.17, 15) is 0 Å². The van der Waals surface area contributed by atoms with Gasteiger partial charge in [-0.3, -0.25) is 0 Å². The molecule has 0 saturated heterocycles. The fraction of sp³-hybridized carbons (Fsp3) is 0.385. The minimum Gasteiger partial charge on any atom is -0.306 e. The first kappa shape index (κ1) is 9.47. The fourth-order valence-electron chi connectivity index (χ4n) is 1.90. The van der Waals surface area contributed by atoms with E-state index in [2.05, 4.69) is 48.4 Å². The largest absolute Gasteiger partial charge is 0.306 e. The molecule has 0 atom stereocenters. The molecule has 0 aliphatic carbocycles. The van der Waals surface area contributed by atoms with Crippen molar-refractivity contribution in [3.8, 4) is 0 Å². The average molecular weight is 187 g/mol. The Labute approximate surface area is 86.1 Å². The molecule has 0 amide bonds. The van der Waals surface area contributed by atoms with E-state index in [0.717, 1.165) is 0 Å². The van der Waals surface area contributed by atoms with Gasteiger partial charge in [0.15, 0.2) is 0 Å². The fourth-order valence-corrected chi connectivity index (χ4v) is 1.90. The molecule has 1 aromatic rings. The molecular weight excluding hydrogens is 170 g/mol. The Hall–Kier alpha value is -1.08. The highest BCUT2D eigenvalue weighted by atomic mass is 15.1. The lowest BCUT2D eigenvalue weighted by atomic mass is 10.0. The molecule has 1 heterocycles. The third-order valence-corrected chi connectivity index (χ3v) is 2.81. The predicted molar refractivity (Wildman–Crippen MR) is 61.2 cm³/mol. The number of hydrogen-bond acceptors (Lipinski definition) is 1. The van der Waals surface area contributed by atoms with Crippen LogP contribution in [0.25, 0.3) is 5.57 Å². The highest BCUT2D eigenvalue weighted by molar-refractivity contribution is 5.65. The van der Waals surface area contributed by atoms with Gasteiger partial charge in [-0.2, -0.15) is 0 Å². The molecule has 1 heteroatoms. The van der Waals surface area contributed by atoms with Crippen molar-refractivity contribution in [1.29, 1.82) is 0 Å². The second kappa shape index (κ2) is 4.43. The lowest BCUT2D eigenvalue weighted by molar-refractivity contribution is 0.355.